The van der Waals surface area contributed by atoms with E-state index in [-0.39, 0.29) is 5.78 Å². The standard InChI is InChI=1S/C20H18O/c1-14-6-5-7-16(12-14)13-19(21)20-15(2)10-11-17-8-3-4-9-18(17)20/h3-12H,13H2,1-2H3. The molecule has 1 heteroatoms. The summed E-state index contributed by atoms with van der Waals surface area (Å²) in [5.41, 5.74) is 4.17. The molecular formula is C20H18O. The molecule has 0 saturated carbocycles. The molecule has 104 valence electrons. The highest BCUT2D eigenvalue weighted by atomic mass is 16.1. The number of carbonyl (C=O) groups is 1. The van der Waals surface area contributed by atoms with E-state index in [1.54, 1.807) is 0 Å². The average Bonchev–Trinajstić information content (AvgIpc) is 2.47. The van der Waals surface area contributed by atoms with Crippen LogP contribution in [0.15, 0.2) is 60.7 Å². The largest absolute Gasteiger partial charge is 0.294 e. The summed E-state index contributed by atoms with van der Waals surface area (Å²) in [5.74, 6) is 0.190. The predicted molar refractivity (Wildman–Crippen MR) is 87.9 cm³/mol. The molecule has 0 fully saturated rings. The van der Waals surface area contributed by atoms with Gasteiger partial charge in [0, 0.05) is 12.0 Å². The minimum Gasteiger partial charge on any atom is -0.294 e. The summed E-state index contributed by atoms with van der Waals surface area (Å²) in [5, 5.41) is 2.17. The number of benzene rings is 3. The molecule has 0 unspecified atom stereocenters. The van der Waals surface area contributed by atoms with Crippen molar-refractivity contribution in [2.24, 2.45) is 0 Å². The Morgan fingerprint density at radius 3 is 2.52 bits per heavy atom. The van der Waals surface area contributed by atoms with Gasteiger partial charge in [-0.1, -0.05) is 66.2 Å². The third-order valence-electron chi connectivity index (χ3n) is 3.86. The zero-order valence-corrected chi connectivity index (χ0v) is 12.4. The molecule has 0 aromatic heterocycles. The Balaban J connectivity index is 2.03. The van der Waals surface area contributed by atoms with Crippen LogP contribution in [0.1, 0.15) is 27.0 Å². The van der Waals surface area contributed by atoms with Gasteiger partial charge in [0.1, 0.15) is 0 Å². The number of ketones is 1. The number of rotatable bonds is 3. The first kappa shape index (κ1) is 13.6. The monoisotopic (exact) mass is 274 g/mol. The number of carbonyl (C=O) groups excluding carboxylic acids is 1. The highest BCUT2D eigenvalue weighted by Crippen LogP contribution is 2.23. The topological polar surface area (TPSA) is 17.1 Å². The van der Waals surface area contributed by atoms with Gasteiger partial charge in [0.05, 0.1) is 0 Å². The van der Waals surface area contributed by atoms with Gasteiger partial charge in [-0.15, -0.1) is 0 Å². The van der Waals surface area contributed by atoms with Crippen molar-refractivity contribution in [3.8, 4) is 0 Å². The maximum Gasteiger partial charge on any atom is 0.168 e. The summed E-state index contributed by atoms with van der Waals surface area (Å²) in [6.45, 7) is 4.06. The number of fused-ring (bicyclic) bond motifs is 1. The average molecular weight is 274 g/mol. The van der Waals surface area contributed by atoms with Crippen LogP contribution in [0.25, 0.3) is 10.8 Å². The molecule has 0 aliphatic heterocycles. The minimum atomic E-state index is 0.190. The van der Waals surface area contributed by atoms with Crippen LogP contribution in [0, 0.1) is 13.8 Å². The first-order valence-corrected chi connectivity index (χ1v) is 7.22. The maximum atomic E-state index is 12.8. The zero-order valence-electron chi connectivity index (χ0n) is 12.4. The van der Waals surface area contributed by atoms with Crippen molar-refractivity contribution in [2.75, 3.05) is 0 Å². The Kier molecular flexibility index (Phi) is 3.57. The van der Waals surface area contributed by atoms with Crippen LogP contribution >= 0.6 is 0 Å². The lowest BCUT2D eigenvalue weighted by Crippen LogP contribution is -2.06. The van der Waals surface area contributed by atoms with Crippen molar-refractivity contribution in [1.82, 2.24) is 0 Å². The van der Waals surface area contributed by atoms with Gasteiger partial charge < -0.3 is 0 Å². The van der Waals surface area contributed by atoms with Crippen LogP contribution in [-0.2, 0) is 6.42 Å². The van der Waals surface area contributed by atoms with Crippen molar-refractivity contribution >= 4 is 16.6 Å². The Labute approximate surface area is 125 Å². The van der Waals surface area contributed by atoms with E-state index < -0.39 is 0 Å². The van der Waals surface area contributed by atoms with Crippen LogP contribution in [0.3, 0.4) is 0 Å². The Bertz CT molecular complexity index is 815. The third-order valence-corrected chi connectivity index (χ3v) is 3.86. The summed E-state index contributed by atoms with van der Waals surface area (Å²) in [6.07, 6.45) is 0.455. The summed E-state index contributed by atoms with van der Waals surface area (Å²) < 4.78 is 0. The molecule has 0 spiro atoms. The van der Waals surface area contributed by atoms with Crippen LogP contribution < -0.4 is 0 Å². The van der Waals surface area contributed by atoms with Crippen LogP contribution in [0.4, 0.5) is 0 Å². The van der Waals surface area contributed by atoms with E-state index in [0.29, 0.717) is 6.42 Å². The molecule has 0 bridgehead atoms. The molecule has 3 aromatic carbocycles. The minimum absolute atomic E-state index is 0.190. The Hall–Kier alpha value is -2.41. The summed E-state index contributed by atoms with van der Waals surface area (Å²) in [4.78, 5) is 12.8. The van der Waals surface area contributed by atoms with Gasteiger partial charge in [0.15, 0.2) is 5.78 Å². The summed E-state index contributed by atoms with van der Waals surface area (Å²) in [7, 11) is 0. The lowest BCUT2D eigenvalue weighted by Gasteiger charge is -2.10. The lowest BCUT2D eigenvalue weighted by molar-refractivity contribution is 0.0994. The number of hydrogen-bond acceptors (Lipinski definition) is 1. The lowest BCUT2D eigenvalue weighted by atomic mass is 9.93. The van der Waals surface area contributed by atoms with E-state index in [9.17, 15) is 4.79 Å². The fraction of sp³-hybridized carbons (Fsp3) is 0.150. The molecule has 0 saturated heterocycles. The molecular weight excluding hydrogens is 256 g/mol. The van der Waals surface area contributed by atoms with Gasteiger partial charge >= 0.3 is 0 Å². The fourth-order valence-corrected chi connectivity index (χ4v) is 2.85. The van der Waals surface area contributed by atoms with E-state index in [1.165, 1.54) is 5.56 Å². The van der Waals surface area contributed by atoms with E-state index in [4.69, 9.17) is 0 Å². The second-order valence-electron chi connectivity index (χ2n) is 5.57. The quantitative estimate of drug-likeness (QED) is 0.622. The van der Waals surface area contributed by atoms with E-state index in [1.807, 2.05) is 43.3 Å². The van der Waals surface area contributed by atoms with Crippen LogP contribution in [0.5, 0.6) is 0 Å². The first-order valence-electron chi connectivity index (χ1n) is 7.22. The van der Waals surface area contributed by atoms with Crippen molar-refractivity contribution in [1.29, 1.82) is 0 Å². The zero-order chi connectivity index (χ0) is 14.8. The van der Waals surface area contributed by atoms with Gasteiger partial charge in [-0.25, -0.2) is 0 Å². The SMILES string of the molecule is Cc1cccc(CC(=O)c2c(C)ccc3ccccc23)c1. The molecule has 21 heavy (non-hydrogen) atoms. The van der Waals surface area contributed by atoms with Crippen LogP contribution in [-0.4, -0.2) is 5.78 Å². The second-order valence-corrected chi connectivity index (χ2v) is 5.57. The van der Waals surface area contributed by atoms with Gasteiger partial charge in [-0.2, -0.15) is 0 Å². The molecule has 0 heterocycles. The van der Waals surface area contributed by atoms with E-state index in [2.05, 4.69) is 31.2 Å². The molecule has 3 rings (SSSR count). The fourth-order valence-electron chi connectivity index (χ4n) is 2.85. The van der Waals surface area contributed by atoms with Gasteiger partial charge in [0.2, 0.25) is 0 Å². The summed E-state index contributed by atoms with van der Waals surface area (Å²) in [6, 6.07) is 20.4. The molecule has 0 atom stereocenters. The first-order chi connectivity index (χ1) is 10.1. The molecule has 0 amide bonds. The molecule has 0 N–H and O–H groups in total. The maximum absolute atomic E-state index is 12.8. The van der Waals surface area contributed by atoms with Crippen LogP contribution in [0.2, 0.25) is 0 Å². The molecule has 1 nitrogen and oxygen atoms in total. The van der Waals surface area contributed by atoms with Crippen molar-refractivity contribution in [2.45, 2.75) is 20.3 Å². The molecule has 0 aliphatic rings. The summed E-state index contributed by atoms with van der Waals surface area (Å²) >= 11 is 0. The molecule has 0 aliphatic carbocycles. The Morgan fingerprint density at radius 2 is 1.71 bits per heavy atom. The second kappa shape index (κ2) is 5.53. The molecule has 0 radical (unpaired) electrons. The Morgan fingerprint density at radius 1 is 0.905 bits per heavy atom. The third kappa shape index (κ3) is 2.73. The predicted octanol–water partition coefficient (Wildman–Crippen LogP) is 4.88. The van der Waals surface area contributed by atoms with Gasteiger partial charge in [-0.3, -0.25) is 4.79 Å². The smallest absolute Gasteiger partial charge is 0.168 e. The van der Waals surface area contributed by atoms with Gasteiger partial charge in [-0.05, 0) is 35.7 Å². The highest BCUT2D eigenvalue weighted by molar-refractivity contribution is 6.10. The number of hydrogen-bond donors (Lipinski definition) is 0. The van der Waals surface area contributed by atoms with E-state index >= 15 is 0 Å². The normalized spacial score (nSPS) is 10.8. The van der Waals surface area contributed by atoms with Crippen molar-refractivity contribution in [3.63, 3.8) is 0 Å². The van der Waals surface area contributed by atoms with Crippen molar-refractivity contribution in [3.05, 3.63) is 82.9 Å². The molecule has 3 aromatic rings. The number of Topliss-reactive ketones (excluding diaryl/α,β-unsaturated/α-hetero) is 1. The number of aryl methyl sites for hydroxylation is 2. The van der Waals surface area contributed by atoms with E-state index in [0.717, 1.165) is 27.5 Å². The van der Waals surface area contributed by atoms with Crippen molar-refractivity contribution < 1.29 is 4.79 Å². The highest BCUT2D eigenvalue weighted by Gasteiger charge is 2.13. The van der Waals surface area contributed by atoms with Gasteiger partial charge in [0.25, 0.3) is 0 Å².